The molecule has 0 bridgehead atoms. The van der Waals surface area contributed by atoms with Gasteiger partial charge in [-0.1, -0.05) is 48.5 Å². The van der Waals surface area contributed by atoms with Crippen molar-refractivity contribution in [3.05, 3.63) is 78.1 Å². The Morgan fingerprint density at radius 3 is 2.33 bits per heavy atom. The lowest BCUT2D eigenvalue weighted by Gasteiger charge is -2.07. The number of aliphatic hydroxyl groups is 1. The molecule has 0 amide bonds. The zero-order chi connectivity index (χ0) is 14.5. The van der Waals surface area contributed by atoms with E-state index in [1.54, 1.807) is 11.0 Å². The van der Waals surface area contributed by atoms with Crippen LogP contribution in [0.3, 0.4) is 0 Å². The summed E-state index contributed by atoms with van der Waals surface area (Å²) in [5.74, 6) is 0. The standard InChI is InChI=1S/C17H17N3O/c21-17(12-11-14-7-3-1-4-8-14)16-13-18-20(19-16)15-9-5-2-6-10-15/h1-10,13,17,21H,11-12H2. The smallest absolute Gasteiger partial charge is 0.112 e. The summed E-state index contributed by atoms with van der Waals surface area (Å²) >= 11 is 0. The Bertz CT molecular complexity index is 680. The average molecular weight is 279 g/mol. The minimum atomic E-state index is -0.595. The predicted molar refractivity (Wildman–Crippen MR) is 81.1 cm³/mol. The molecule has 3 aromatic rings. The van der Waals surface area contributed by atoms with Crippen LogP contribution in [0.2, 0.25) is 0 Å². The van der Waals surface area contributed by atoms with Gasteiger partial charge in [0.2, 0.25) is 0 Å². The Hall–Kier alpha value is -2.46. The van der Waals surface area contributed by atoms with Crippen molar-refractivity contribution in [1.29, 1.82) is 0 Å². The molecular formula is C17H17N3O. The second kappa shape index (κ2) is 6.33. The molecule has 1 unspecified atom stereocenters. The third-order valence-electron chi connectivity index (χ3n) is 3.39. The first kappa shape index (κ1) is 13.5. The highest BCUT2D eigenvalue weighted by molar-refractivity contribution is 5.28. The van der Waals surface area contributed by atoms with Crippen LogP contribution in [0.1, 0.15) is 23.8 Å². The number of hydrogen-bond acceptors (Lipinski definition) is 3. The van der Waals surface area contributed by atoms with Gasteiger partial charge in [-0.25, -0.2) is 0 Å². The summed E-state index contributed by atoms with van der Waals surface area (Å²) in [5, 5.41) is 18.8. The van der Waals surface area contributed by atoms with Gasteiger partial charge in [-0.3, -0.25) is 0 Å². The number of benzene rings is 2. The lowest BCUT2D eigenvalue weighted by Crippen LogP contribution is -2.03. The van der Waals surface area contributed by atoms with Crippen LogP contribution in [-0.2, 0) is 6.42 Å². The van der Waals surface area contributed by atoms with E-state index >= 15 is 0 Å². The van der Waals surface area contributed by atoms with Gasteiger partial charge in [-0.15, -0.1) is 0 Å². The fraction of sp³-hybridized carbons (Fsp3) is 0.176. The second-order valence-electron chi connectivity index (χ2n) is 4.93. The highest BCUT2D eigenvalue weighted by atomic mass is 16.3. The molecule has 0 radical (unpaired) electrons. The number of hydrogen-bond donors (Lipinski definition) is 1. The lowest BCUT2D eigenvalue weighted by molar-refractivity contribution is 0.162. The molecule has 0 saturated heterocycles. The quantitative estimate of drug-likeness (QED) is 0.781. The van der Waals surface area contributed by atoms with E-state index in [2.05, 4.69) is 22.3 Å². The molecule has 2 aromatic carbocycles. The molecule has 1 N–H and O–H groups in total. The van der Waals surface area contributed by atoms with Crippen molar-refractivity contribution in [2.24, 2.45) is 0 Å². The monoisotopic (exact) mass is 279 g/mol. The summed E-state index contributed by atoms with van der Waals surface area (Å²) < 4.78 is 0. The highest BCUT2D eigenvalue weighted by Crippen LogP contribution is 2.17. The molecule has 0 aliphatic rings. The number of aliphatic hydroxyl groups excluding tert-OH is 1. The Balaban J connectivity index is 1.66. The molecule has 1 aromatic heterocycles. The summed E-state index contributed by atoms with van der Waals surface area (Å²) in [6.45, 7) is 0. The van der Waals surface area contributed by atoms with E-state index in [4.69, 9.17) is 0 Å². The molecule has 21 heavy (non-hydrogen) atoms. The zero-order valence-corrected chi connectivity index (χ0v) is 11.6. The number of rotatable bonds is 5. The molecule has 3 rings (SSSR count). The van der Waals surface area contributed by atoms with Crippen molar-refractivity contribution < 1.29 is 5.11 Å². The molecule has 4 nitrogen and oxygen atoms in total. The topological polar surface area (TPSA) is 50.9 Å². The van der Waals surface area contributed by atoms with Crippen LogP contribution in [0.15, 0.2) is 66.9 Å². The van der Waals surface area contributed by atoms with Crippen molar-refractivity contribution in [3.8, 4) is 5.69 Å². The number of aromatic nitrogens is 3. The SMILES string of the molecule is OC(CCc1ccccc1)c1cnn(-c2ccccc2)n1. The van der Waals surface area contributed by atoms with Gasteiger partial charge in [0.15, 0.2) is 0 Å². The molecule has 0 spiro atoms. The first-order valence-electron chi connectivity index (χ1n) is 7.02. The summed E-state index contributed by atoms with van der Waals surface area (Å²) in [6, 6.07) is 19.8. The van der Waals surface area contributed by atoms with Crippen molar-refractivity contribution in [3.63, 3.8) is 0 Å². The van der Waals surface area contributed by atoms with Crippen LogP contribution in [0.5, 0.6) is 0 Å². The fourth-order valence-electron chi connectivity index (χ4n) is 2.21. The molecule has 1 heterocycles. The van der Waals surface area contributed by atoms with Crippen molar-refractivity contribution >= 4 is 0 Å². The van der Waals surface area contributed by atoms with Gasteiger partial charge in [-0.2, -0.15) is 15.0 Å². The Morgan fingerprint density at radius 1 is 0.952 bits per heavy atom. The van der Waals surface area contributed by atoms with E-state index in [-0.39, 0.29) is 0 Å². The third-order valence-corrected chi connectivity index (χ3v) is 3.39. The van der Waals surface area contributed by atoms with Crippen LogP contribution in [0, 0.1) is 0 Å². The van der Waals surface area contributed by atoms with Gasteiger partial charge in [0, 0.05) is 0 Å². The van der Waals surface area contributed by atoms with Gasteiger partial charge < -0.3 is 5.11 Å². The maximum atomic E-state index is 10.2. The molecule has 0 saturated carbocycles. The van der Waals surface area contributed by atoms with Crippen LogP contribution in [0.4, 0.5) is 0 Å². The van der Waals surface area contributed by atoms with Gasteiger partial charge >= 0.3 is 0 Å². The van der Waals surface area contributed by atoms with Crippen molar-refractivity contribution in [1.82, 2.24) is 15.0 Å². The van der Waals surface area contributed by atoms with E-state index in [1.807, 2.05) is 48.5 Å². The van der Waals surface area contributed by atoms with E-state index in [0.717, 1.165) is 12.1 Å². The Kier molecular flexibility index (Phi) is 4.07. The molecule has 0 fully saturated rings. The Morgan fingerprint density at radius 2 is 1.62 bits per heavy atom. The van der Waals surface area contributed by atoms with Gasteiger partial charge in [-0.05, 0) is 30.5 Å². The van der Waals surface area contributed by atoms with E-state index < -0.39 is 6.10 Å². The summed E-state index contributed by atoms with van der Waals surface area (Å²) in [6.07, 6.45) is 2.49. The van der Waals surface area contributed by atoms with Gasteiger partial charge in [0.05, 0.1) is 18.0 Å². The molecule has 0 aliphatic heterocycles. The Labute approximate surface area is 123 Å². The lowest BCUT2D eigenvalue weighted by atomic mass is 10.1. The fourth-order valence-corrected chi connectivity index (χ4v) is 2.21. The summed E-state index contributed by atoms with van der Waals surface area (Å²) in [7, 11) is 0. The van der Waals surface area contributed by atoms with E-state index in [0.29, 0.717) is 12.1 Å². The molecular weight excluding hydrogens is 262 g/mol. The molecule has 0 aliphatic carbocycles. The minimum absolute atomic E-state index is 0.595. The third kappa shape index (κ3) is 3.35. The van der Waals surface area contributed by atoms with Crippen LogP contribution < -0.4 is 0 Å². The maximum Gasteiger partial charge on any atom is 0.112 e. The molecule has 106 valence electrons. The minimum Gasteiger partial charge on any atom is -0.387 e. The predicted octanol–water partition coefficient (Wildman–Crippen LogP) is 2.93. The highest BCUT2D eigenvalue weighted by Gasteiger charge is 2.12. The maximum absolute atomic E-state index is 10.2. The van der Waals surface area contributed by atoms with E-state index in [1.165, 1.54) is 5.56 Å². The average Bonchev–Trinajstić information content (AvgIpc) is 3.04. The van der Waals surface area contributed by atoms with Crippen molar-refractivity contribution in [2.75, 3.05) is 0 Å². The van der Waals surface area contributed by atoms with E-state index in [9.17, 15) is 5.11 Å². The molecule has 4 heteroatoms. The number of aryl methyl sites for hydroxylation is 1. The summed E-state index contributed by atoms with van der Waals surface area (Å²) in [4.78, 5) is 1.54. The van der Waals surface area contributed by atoms with Crippen LogP contribution >= 0.6 is 0 Å². The first-order valence-corrected chi connectivity index (χ1v) is 7.02. The molecule has 1 atom stereocenters. The van der Waals surface area contributed by atoms with Crippen LogP contribution in [0.25, 0.3) is 5.69 Å². The normalized spacial score (nSPS) is 12.2. The number of para-hydroxylation sites is 1. The first-order chi connectivity index (χ1) is 10.3. The number of nitrogens with zero attached hydrogens (tertiary/aromatic N) is 3. The van der Waals surface area contributed by atoms with Gasteiger partial charge in [0.1, 0.15) is 5.69 Å². The van der Waals surface area contributed by atoms with Crippen LogP contribution in [-0.4, -0.2) is 20.1 Å². The zero-order valence-electron chi connectivity index (χ0n) is 11.6. The second-order valence-corrected chi connectivity index (χ2v) is 4.93. The van der Waals surface area contributed by atoms with Gasteiger partial charge in [0.25, 0.3) is 0 Å². The summed E-state index contributed by atoms with van der Waals surface area (Å²) in [5.41, 5.74) is 2.71. The van der Waals surface area contributed by atoms with Crippen molar-refractivity contribution in [2.45, 2.75) is 18.9 Å². The largest absolute Gasteiger partial charge is 0.387 e.